The van der Waals surface area contributed by atoms with Gasteiger partial charge < -0.3 is 5.32 Å². The van der Waals surface area contributed by atoms with E-state index in [9.17, 15) is 0 Å². The minimum atomic E-state index is 0.733. The quantitative estimate of drug-likeness (QED) is 0.807. The molecule has 84 valence electrons. The summed E-state index contributed by atoms with van der Waals surface area (Å²) >= 11 is 3.51. The van der Waals surface area contributed by atoms with Crippen LogP contribution in [0.25, 0.3) is 0 Å². The lowest BCUT2D eigenvalue weighted by Gasteiger charge is -2.08. The monoisotopic (exact) mass is 269 g/mol. The molecule has 0 saturated heterocycles. The van der Waals surface area contributed by atoms with Crippen LogP contribution in [-0.2, 0) is 6.42 Å². The molecular formula is C13H20BrN. The predicted molar refractivity (Wildman–Crippen MR) is 70.3 cm³/mol. The second kappa shape index (κ2) is 6.29. The second-order valence-corrected chi connectivity index (χ2v) is 5.29. The van der Waals surface area contributed by atoms with Crippen molar-refractivity contribution >= 4 is 15.9 Å². The first kappa shape index (κ1) is 12.7. The SMILES string of the molecule is Cc1cc(CCNCC(C)C)ccc1Br. The number of nitrogens with one attached hydrogen (secondary N) is 1. The van der Waals surface area contributed by atoms with Crippen molar-refractivity contribution in [2.24, 2.45) is 5.92 Å². The zero-order valence-electron chi connectivity index (χ0n) is 9.81. The maximum Gasteiger partial charge on any atom is 0.0204 e. The molecule has 0 aliphatic heterocycles. The summed E-state index contributed by atoms with van der Waals surface area (Å²) in [4.78, 5) is 0. The summed E-state index contributed by atoms with van der Waals surface area (Å²) in [6, 6.07) is 6.57. The third-order valence-corrected chi connectivity index (χ3v) is 3.26. The molecule has 0 unspecified atom stereocenters. The van der Waals surface area contributed by atoms with Gasteiger partial charge in [0.2, 0.25) is 0 Å². The Balaban J connectivity index is 2.35. The van der Waals surface area contributed by atoms with E-state index in [0.717, 1.165) is 25.4 Å². The topological polar surface area (TPSA) is 12.0 Å². The summed E-state index contributed by atoms with van der Waals surface area (Å²) in [7, 11) is 0. The van der Waals surface area contributed by atoms with Crippen LogP contribution in [0.4, 0.5) is 0 Å². The molecule has 1 rings (SSSR count). The summed E-state index contributed by atoms with van der Waals surface area (Å²) in [5.41, 5.74) is 2.73. The van der Waals surface area contributed by atoms with E-state index in [4.69, 9.17) is 0 Å². The molecule has 0 atom stereocenters. The molecule has 0 aliphatic rings. The van der Waals surface area contributed by atoms with Gasteiger partial charge in [0.05, 0.1) is 0 Å². The maximum atomic E-state index is 3.51. The van der Waals surface area contributed by atoms with E-state index in [2.05, 4.69) is 60.2 Å². The smallest absolute Gasteiger partial charge is 0.0204 e. The van der Waals surface area contributed by atoms with Crippen LogP contribution in [0.3, 0.4) is 0 Å². The van der Waals surface area contributed by atoms with Crippen molar-refractivity contribution in [1.29, 1.82) is 0 Å². The van der Waals surface area contributed by atoms with E-state index in [1.807, 2.05) is 0 Å². The number of halogens is 1. The first-order chi connectivity index (χ1) is 7.09. The lowest BCUT2D eigenvalue weighted by atomic mass is 10.1. The zero-order valence-corrected chi connectivity index (χ0v) is 11.4. The molecule has 0 aliphatic carbocycles. The van der Waals surface area contributed by atoms with E-state index in [0.29, 0.717) is 0 Å². The third-order valence-electron chi connectivity index (χ3n) is 2.37. The van der Waals surface area contributed by atoms with Crippen LogP contribution in [0.15, 0.2) is 22.7 Å². The Bertz CT molecular complexity index is 307. The Morgan fingerprint density at radius 1 is 1.33 bits per heavy atom. The van der Waals surface area contributed by atoms with E-state index in [1.165, 1.54) is 15.6 Å². The van der Waals surface area contributed by atoms with Crippen LogP contribution >= 0.6 is 15.9 Å². The predicted octanol–water partition coefficient (Wildman–Crippen LogP) is 3.55. The van der Waals surface area contributed by atoms with E-state index in [1.54, 1.807) is 0 Å². The molecule has 15 heavy (non-hydrogen) atoms. The van der Waals surface area contributed by atoms with Gasteiger partial charge in [-0.25, -0.2) is 0 Å². The fourth-order valence-electron chi connectivity index (χ4n) is 1.49. The number of aryl methyl sites for hydroxylation is 1. The van der Waals surface area contributed by atoms with Crippen molar-refractivity contribution in [1.82, 2.24) is 5.32 Å². The molecule has 0 aromatic heterocycles. The first-order valence-electron chi connectivity index (χ1n) is 5.55. The number of hydrogen-bond donors (Lipinski definition) is 1. The zero-order chi connectivity index (χ0) is 11.3. The number of benzene rings is 1. The highest BCUT2D eigenvalue weighted by Gasteiger charge is 1.98. The summed E-state index contributed by atoms with van der Waals surface area (Å²) in [6.45, 7) is 8.78. The van der Waals surface area contributed by atoms with Gasteiger partial charge >= 0.3 is 0 Å². The van der Waals surface area contributed by atoms with Gasteiger partial charge in [-0.1, -0.05) is 41.9 Å². The Kier molecular flexibility index (Phi) is 5.34. The highest BCUT2D eigenvalue weighted by atomic mass is 79.9. The van der Waals surface area contributed by atoms with Crippen LogP contribution in [0.1, 0.15) is 25.0 Å². The van der Waals surface area contributed by atoms with Crippen molar-refractivity contribution in [3.05, 3.63) is 33.8 Å². The average Bonchev–Trinajstić information content (AvgIpc) is 2.18. The van der Waals surface area contributed by atoms with E-state index < -0.39 is 0 Å². The molecule has 1 N–H and O–H groups in total. The van der Waals surface area contributed by atoms with Crippen LogP contribution in [0, 0.1) is 12.8 Å². The van der Waals surface area contributed by atoms with Gasteiger partial charge in [-0.3, -0.25) is 0 Å². The Morgan fingerprint density at radius 2 is 2.07 bits per heavy atom. The van der Waals surface area contributed by atoms with Gasteiger partial charge in [-0.15, -0.1) is 0 Å². The number of hydrogen-bond acceptors (Lipinski definition) is 1. The van der Waals surface area contributed by atoms with Gasteiger partial charge in [-0.2, -0.15) is 0 Å². The summed E-state index contributed by atoms with van der Waals surface area (Å²) in [5, 5.41) is 3.46. The minimum absolute atomic E-state index is 0.733. The standard InChI is InChI=1S/C13H20BrN/c1-10(2)9-15-7-6-12-4-5-13(14)11(3)8-12/h4-5,8,10,15H,6-7,9H2,1-3H3. The van der Waals surface area contributed by atoms with Gasteiger partial charge in [0.25, 0.3) is 0 Å². The molecule has 0 amide bonds. The fourth-order valence-corrected chi connectivity index (χ4v) is 1.73. The van der Waals surface area contributed by atoms with Crippen molar-refractivity contribution in [3.63, 3.8) is 0 Å². The van der Waals surface area contributed by atoms with Gasteiger partial charge in [0.15, 0.2) is 0 Å². The van der Waals surface area contributed by atoms with Crippen LogP contribution < -0.4 is 5.32 Å². The highest BCUT2D eigenvalue weighted by Crippen LogP contribution is 2.17. The molecular weight excluding hydrogens is 250 g/mol. The third kappa shape index (κ3) is 4.80. The highest BCUT2D eigenvalue weighted by molar-refractivity contribution is 9.10. The van der Waals surface area contributed by atoms with Crippen molar-refractivity contribution in [3.8, 4) is 0 Å². The second-order valence-electron chi connectivity index (χ2n) is 4.43. The first-order valence-corrected chi connectivity index (χ1v) is 6.34. The van der Waals surface area contributed by atoms with E-state index in [-0.39, 0.29) is 0 Å². The summed E-state index contributed by atoms with van der Waals surface area (Å²) in [6.07, 6.45) is 1.11. The van der Waals surface area contributed by atoms with Crippen molar-refractivity contribution in [2.45, 2.75) is 27.2 Å². The lowest BCUT2D eigenvalue weighted by Crippen LogP contribution is -2.22. The molecule has 0 saturated carbocycles. The Labute approximate surface area is 101 Å². The van der Waals surface area contributed by atoms with Crippen LogP contribution in [0.2, 0.25) is 0 Å². The largest absolute Gasteiger partial charge is 0.316 e. The Morgan fingerprint density at radius 3 is 2.67 bits per heavy atom. The van der Waals surface area contributed by atoms with Gasteiger partial charge in [0, 0.05) is 4.47 Å². The summed E-state index contributed by atoms with van der Waals surface area (Å²) in [5.74, 6) is 0.733. The lowest BCUT2D eigenvalue weighted by molar-refractivity contribution is 0.554. The van der Waals surface area contributed by atoms with Crippen molar-refractivity contribution in [2.75, 3.05) is 13.1 Å². The molecule has 0 bridgehead atoms. The summed E-state index contributed by atoms with van der Waals surface area (Å²) < 4.78 is 1.20. The van der Waals surface area contributed by atoms with Crippen LogP contribution in [0.5, 0.6) is 0 Å². The fraction of sp³-hybridized carbons (Fsp3) is 0.538. The normalized spacial score (nSPS) is 11.0. The van der Waals surface area contributed by atoms with Gasteiger partial charge in [0.1, 0.15) is 0 Å². The van der Waals surface area contributed by atoms with Crippen molar-refractivity contribution < 1.29 is 0 Å². The maximum absolute atomic E-state index is 3.51. The molecule has 1 aromatic carbocycles. The molecule has 0 radical (unpaired) electrons. The molecule has 1 nitrogen and oxygen atoms in total. The molecule has 0 heterocycles. The Hall–Kier alpha value is -0.340. The van der Waals surface area contributed by atoms with Crippen LogP contribution in [-0.4, -0.2) is 13.1 Å². The average molecular weight is 270 g/mol. The minimum Gasteiger partial charge on any atom is -0.316 e. The molecule has 0 spiro atoms. The molecule has 0 fully saturated rings. The number of rotatable bonds is 5. The molecule has 2 heteroatoms. The van der Waals surface area contributed by atoms with Gasteiger partial charge in [-0.05, 0) is 49.5 Å². The molecule has 1 aromatic rings. The van der Waals surface area contributed by atoms with E-state index >= 15 is 0 Å².